The number of nitrogens with one attached hydrogen (secondary N) is 1. The number of anilines is 1. The average molecular weight is 243 g/mol. The van der Waals surface area contributed by atoms with Gasteiger partial charge in [0.25, 0.3) is 0 Å². The Morgan fingerprint density at radius 2 is 1.94 bits per heavy atom. The van der Waals surface area contributed by atoms with Gasteiger partial charge in [-0.25, -0.2) is 4.39 Å². The third kappa shape index (κ3) is 2.30. The van der Waals surface area contributed by atoms with Gasteiger partial charge in [0, 0.05) is 12.2 Å². The minimum absolute atomic E-state index is 0.244. The van der Waals surface area contributed by atoms with Gasteiger partial charge in [0.05, 0.1) is 0 Å². The Morgan fingerprint density at radius 3 is 2.78 bits per heavy atom. The molecule has 0 saturated heterocycles. The van der Waals surface area contributed by atoms with Crippen LogP contribution >= 0.6 is 0 Å². The molecule has 0 unspecified atom stereocenters. The maximum absolute atomic E-state index is 12.7. The van der Waals surface area contributed by atoms with Crippen molar-refractivity contribution in [3.8, 4) is 5.75 Å². The molecule has 0 atom stereocenters. The van der Waals surface area contributed by atoms with Gasteiger partial charge in [0.15, 0.2) is 0 Å². The first kappa shape index (κ1) is 11.1. The first-order valence-electron chi connectivity index (χ1n) is 6.05. The SMILES string of the molecule is Fc1ccc(OCc2ccc3c(c2)CCN3)cc1. The number of hydrogen-bond acceptors (Lipinski definition) is 2. The predicted molar refractivity (Wildman–Crippen MR) is 69.4 cm³/mol. The number of hydrogen-bond donors (Lipinski definition) is 1. The van der Waals surface area contributed by atoms with E-state index >= 15 is 0 Å². The molecule has 2 aromatic carbocycles. The van der Waals surface area contributed by atoms with Crippen LogP contribution in [0.4, 0.5) is 10.1 Å². The van der Waals surface area contributed by atoms with Gasteiger partial charge < -0.3 is 10.1 Å². The van der Waals surface area contributed by atoms with Crippen LogP contribution in [-0.4, -0.2) is 6.54 Å². The summed E-state index contributed by atoms with van der Waals surface area (Å²) in [6, 6.07) is 12.4. The summed E-state index contributed by atoms with van der Waals surface area (Å²) < 4.78 is 18.4. The molecule has 3 rings (SSSR count). The molecule has 0 fully saturated rings. The highest BCUT2D eigenvalue weighted by molar-refractivity contribution is 5.56. The first-order valence-corrected chi connectivity index (χ1v) is 6.05. The molecule has 0 radical (unpaired) electrons. The Balaban J connectivity index is 1.68. The number of ether oxygens (including phenoxy) is 1. The maximum atomic E-state index is 12.7. The second-order valence-corrected chi connectivity index (χ2v) is 4.41. The van der Waals surface area contributed by atoms with E-state index in [1.54, 1.807) is 12.1 Å². The fraction of sp³-hybridized carbons (Fsp3) is 0.200. The van der Waals surface area contributed by atoms with Gasteiger partial charge in [0.1, 0.15) is 18.2 Å². The highest BCUT2D eigenvalue weighted by atomic mass is 19.1. The van der Waals surface area contributed by atoms with Crippen LogP contribution in [-0.2, 0) is 13.0 Å². The minimum atomic E-state index is -0.244. The van der Waals surface area contributed by atoms with Crippen molar-refractivity contribution in [1.82, 2.24) is 0 Å². The van der Waals surface area contributed by atoms with E-state index in [2.05, 4.69) is 23.5 Å². The smallest absolute Gasteiger partial charge is 0.123 e. The van der Waals surface area contributed by atoms with Gasteiger partial charge >= 0.3 is 0 Å². The number of fused-ring (bicyclic) bond motifs is 1. The Morgan fingerprint density at radius 1 is 1.11 bits per heavy atom. The van der Waals surface area contributed by atoms with Gasteiger partial charge in [-0.05, 0) is 47.9 Å². The zero-order valence-electron chi connectivity index (χ0n) is 9.95. The number of halogens is 1. The molecule has 2 aromatic rings. The van der Waals surface area contributed by atoms with Crippen LogP contribution in [0.1, 0.15) is 11.1 Å². The Kier molecular flexibility index (Phi) is 2.89. The molecule has 2 nitrogen and oxygen atoms in total. The van der Waals surface area contributed by atoms with Gasteiger partial charge in [-0.1, -0.05) is 12.1 Å². The molecule has 1 aliphatic heterocycles. The molecular weight excluding hydrogens is 229 g/mol. The summed E-state index contributed by atoms with van der Waals surface area (Å²) in [6.45, 7) is 1.52. The molecule has 1 heterocycles. The lowest BCUT2D eigenvalue weighted by atomic mass is 10.1. The topological polar surface area (TPSA) is 21.3 Å². The summed E-state index contributed by atoms with van der Waals surface area (Å²) in [7, 11) is 0. The second kappa shape index (κ2) is 4.69. The molecule has 0 aliphatic carbocycles. The van der Waals surface area contributed by atoms with Crippen molar-refractivity contribution in [2.75, 3.05) is 11.9 Å². The molecule has 18 heavy (non-hydrogen) atoms. The van der Waals surface area contributed by atoms with Crippen LogP contribution < -0.4 is 10.1 Å². The molecule has 0 bridgehead atoms. The molecule has 1 aliphatic rings. The highest BCUT2D eigenvalue weighted by Crippen LogP contribution is 2.23. The monoisotopic (exact) mass is 243 g/mol. The number of rotatable bonds is 3. The lowest BCUT2D eigenvalue weighted by Crippen LogP contribution is -1.96. The lowest BCUT2D eigenvalue weighted by molar-refractivity contribution is 0.305. The van der Waals surface area contributed by atoms with Crippen LogP contribution in [0.25, 0.3) is 0 Å². The molecular formula is C15H14FNO. The standard InChI is InChI=1S/C15H14FNO/c16-13-2-4-14(5-3-13)18-10-11-1-6-15-12(9-11)7-8-17-15/h1-6,9,17H,7-8,10H2. The largest absolute Gasteiger partial charge is 0.489 e. The molecule has 0 amide bonds. The zero-order chi connectivity index (χ0) is 12.4. The second-order valence-electron chi connectivity index (χ2n) is 4.41. The van der Waals surface area contributed by atoms with Crippen molar-refractivity contribution in [3.05, 3.63) is 59.4 Å². The molecule has 3 heteroatoms. The van der Waals surface area contributed by atoms with Crippen LogP contribution in [0.15, 0.2) is 42.5 Å². The van der Waals surface area contributed by atoms with Crippen molar-refractivity contribution in [2.24, 2.45) is 0 Å². The van der Waals surface area contributed by atoms with Crippen LogP contribution in [0, 0.1) is 5.82 Å². The average Bonchev–Trinajstić information content (AvgIpc) is 2.85. The van der Waals surface area contributed by atoms with E-state index in [-0.39, 0.29) is 5.82 Å². The van der Waals surface area contributed by atoms with Crippen LogP contribution in [0.5, 0.6) is 5.75 Å². The van der Waals surface area contributed by atoms with Gasteiger partial charge in [-0.2, -0.15) is 0 Å². The van der Waals surface area contributed by atoms with E-state index in [9.17, 15) is 4.39 Å². The van der Waals surface area contributed by atoms with Crippen molar-refractivity contribution in [3.63, 3.8) is 0 Å². The summed E-state index contributed by atoms with van der Waals surface area (Å²) in [6.07, 6.45) is 1.07. The molecule has 0 spiro atoms. The lowest BCUT2D eigenvalue weighted by Gasteiger charge is -2.07. The number of benzene rings is 2. The van der Waals surface area contributed by atoms with Crippen molar-refractivity contribution in [2.45, 2.75) is 13.0 Å². The van der Waals surface area contributed by atoms with Crippen LogP contribution in [0.3, 0.4) is 0 Å². The molecule has 0 aromatic heterocycles. The summed E-state index contributed by atoms with van der Waals surface area (Å²) in [4.78, 5) is 0. The molecule has 1 N–H and O–H groups in total. The normalized spacial score (nSPS) is 12.9. The fourth-order valence-corrected chi connectivity index (χ4v) is 2.15. The molecule has 92 valence electrons. The Labute approximate surface area is 105 Å². The summed E-state index contributed by atoms with van der Waals surface area (Å²) in [5.74, 6) is 0.445. The van der Waals surface area contributed by atoms with E-state index < -0.39 is 0 Å². The van der Waals surface area contributed by atoms with Gasteiger partial charge in [-0.3, -0.25) is 0 Å². The quantitative estimate of drug-likeness (QED) is 0.892. The van der Waals surface area contributed by atoms with Gasteiger partial charge in [0.2, 0.25) is 0 Å². The Bertz CT molecular complexity index is 551. The van der Waals surface area contributed by atoms with Crippen LogP contribution in [0.2, 0.25) is 0 Å². The van der Waals surface area contributed by atoms with E-state index in [4.69, 9.17) is 4.74 Å². The van der Waals surface area contributed by atoms with E-state index in [0.717, 1.165) is 18.5 Å². The summed E-state index contributed by atoms with van der Waals surface area (Å²) in [5, 5.41) is 3.32. The molecule has 0 saturated carbocycles. The minimum Gasteiger partial charge on any atom is -0.489 e. The van der Waals surface area contributed by atoms with E-state index in [1.807, 2.05) is 0 Å². The maximum Gasteiger partial charge on any atom is 0.123 e. The summed E-state index contributed by atoms with van der Waals surface area (Å²) >= 11 is 0. The third-order valence-electron chi connectivity index (χ3n) is 3.10. The van der Waals surface area contributed by atoms with Crippen molar-refractivity contribution in [1.29, 1.82) is 0 Å². The fourth-order valence-electron chi connectivity index (χ4n) is 2.15. The van der Waals surface area contributed by atoms with E-state index in [0.29, 0.717) is 12.4 Å². The Hall–Kier alpha value is -2.03. The van der Waals surface area contributed by atoms with Crippen molar-refractivity contribution < 1.29 is 9.13 Å². The van der Waals surface area contributed by atoms with Gasteiger partial charge in [-0.15, -0.1) is 0 Å². The van der Waals surface area contributed by atoms with Crippen molar-refractivity contribution >= 4 is 5.69 Å². The summed E-state index contributed by atoms with van der Waals surface area (Å²) in [5.41, 5.74) is 3.71. The van der Waals surface area contributed by atoms with E-state index in [1.165, 1.54) is 23.4 Å². The predicted octanol–water partition coefficient (Wildman–Crippen LogP) is 3.37. The zero-order valence-corrected chi connectivity index (χ0v) is 9.95. The third-order valence-corrected chi connectivity index (χ3v) is 3.10. The first-order chi connectivity index (χ1) is 8.81. The highest BCUT2D eigenvalue weighted by Gasteiger charge is 2.09.